The fourth-order valence-corrected chi connectivity index (χ4v) is 3.30. The van der Waals surface area contributed by atoms with Gasteiger partial charge >= 0.3 is 0 Å². The molecule has 1 atom stereocenters. The van der Waals surface area contributed by atoms with Crippen LogP contribution in [0.25, 0.3) is 0 Å². The number of amides is 1. The largest absolute Gasteiger partial charge is 0.326 e. The highest BCUT2D eigenvalue weighted by Crippen LogP contribution is 2.24. The number of carbonyl (C=O) groups is 1. The maximum absolute atomic E-state index is 12.2. The zero-order valence-corrected chi connectivity index (χ0v) is 12.1. The molecule has 0 aromatic heterocycles. The van der Waals surface area contributed by atoms with Crippen LogP contribution >= 0.6 is 0 Å². The van der Waals surface area contributed by atoms with E-state index in [1.165, 1.54) is 17.5 Å². The van der Waals surface area contributed by atoms with Crippen molar-refractivity contribution in [2.24, 2.45) is 0 Å². The summed E-state index contributed by atoms with van der Waals surface area (Å²) in [6.45, 7) is 3.01. The van der Waals surface area contributed by atoms with Gasteiger partial charge in [-0.05, 0) is 56.6 Å². The first kappa shape index (κ1) is 13.6. The molecule has 2 aliphatic heterocycles. The fraction of sp³-hybridized carbons (Fsp3) is 0.562. The summed E-state index contributed by atoms with van der Waals surface area (Å²) < 4.78 is 0. The van der Waals surface area contributed by atoms with Crippen molar-refractivity contribution in [2.45, 2.75) is 38.3 Å². The highest BCUT2D eigenvalue weighted by Gasteiger charge is 2.24. The topological polar surface area (TPSA) is 44.4 Å². The zero-order chi connectivity index (χ0) is 13.9. The number of nitrogens with one attached hydrogen (secondary N) is 2. The molecule has 1 saturated heterocycles. The Morgan fingerprint density at radius 1 is 1.50 bits per heavy atom. The van der Waals surface area contributed by atoms with E-state index >= 15 is 0 Å². The number of carbonyl (C=O) groups excluding carboxylic acids is 1. The normalized spacial score (nSPS) is 22.6. The van der Waals surface area contributed by atoms with Crippen LogP contribution in [0.5, 0.6) is 0 Å². The molecule has 108 valence electrons. The van der Waals surface area contributed by atoms with E-state index in [1.54, 1.807) is 0 Å². The van der Waals surface area contributed by atoms with Gasteiger partial charge < -0.3 is 15.5 Å². The van der Waals surface area contributed by atoms with Gasteiger partial charge in [0.2, 0.25) is 5.91 Å². The Labute approximate surface area is 120 Å². The lowest BCUT2D eigenvalue weighted by molar-refractivity contribution is -0.117. The smallest absolute Gasteiger partial charge is 0.225 e. The van der Waals surface area contributed by atoms with Gasteiger partial charge in [-0.3, -0.25) is 4.79 Å². The molecule has 0 bridgehead atoms. The third-order valence-electron chi connectivity index (χ3n) is 4.51. The molecule has 2 N–H and O–H groups in total. The number of fused-ring (bicyclic) bond motifs is 1. The van der Waals surface area contributed by atoms with E-state index in [-0.39, 0.29) is 5.91 Å². The lowest BCUT2D eigenvalue weighted by Gasteiger charge is -2.22. The van der Waals surface area contributed by atoms with Gasteiger partial charge in [0.1, 0.15) is 0 Å². The maximum atomic E-state index is 12.2. The second-order valence-electron chi connectivity index (χ2n) is 5.90. The van der Waals surface area contributed by atoms with Crippen LogP contribution in [0.1, 0.15) is 30.4 Å². The van der Waals surface area contributed by atoms with Crippen molar-refractivity contribution in [2.75, 3.05) is 25.5 Å². The molecule has 4 nitrogen and oxygen atoms in total. The molecule has 0 aliphatic carbocycles. The predicted molar refractivity (Wildman–Crippen MR) is 80.8 cm³/mol. The van der Waals surface area contributed by atoms with Gasteiger partial charge in [0.05, 0.1) is 0 Å². The van der Waals surface area contributed by atoms with E-state index < -0.39 is 0 Å². The van der Waals surface area contributed by atoms with Gasteiger partial charge in [-0.25, -0.2) is 0 Å². The van der Waals surface area contributed by atoms with E-state index in [2.05, 4.69) is 28.6 Å². The first-order valence-electron chi connectivity index (χ1n) is 7.55. The Morgan fingerprint density at radius 2 is 2.40 bits per heavy atom. The van der Waals surface area contributed by atoms with E-state index in [1.807, 2.05) is 12.1 Å². The van der Waals surface area contributed by atoms with Crippen molar-refractivity contribution in [1.29, 1.82) is 0 Å². The molecule has 0 spiro atoms. The quantitative estimate of drug-likeness (QED) is 0.882. The summed E-state index contributed by atoms with van der Waals surface area (Å²) in [4.78, 5) is 14.5. The number of likely N-dealkylation sites (tertiary alicyclic amines) is 1. The molecule has 1 unspecified atom stereocenters. The summed E-state index contributed by atoms with van der Waals surface area (Å²) in [7, 11) is 2.11. The lowest BCUT2D eigenvalue weighted by atomic mass is 9.99. The Morgan fingerprint density at radius 3 is 3.20 bits per heavy atom. The Hall–Kier alpha value is -1.39. The first-order valence-corrected chi connectivity index (χ1v) is 7.55. The number of hydrogen-bond donors (Lipinski definition) is 2. The van der Waals surface area contributed by atoms with Gasteiger partial charge in [-0.15, -0.1) is 0 Å². The van der Waals surface area contributed by atoms with Crippen LogP contribution in [-0.4, -0.2) is 37.0 Å². The summed E-state index contributed by atoms with van der Waals surface area (Å²) in [6.07, 6.45) is 3.95. The first-order chi connectivity index (χ1) is 9.74. The molecule has 2 aliphatic rings. The molecule has 1 aromatic rings. The molecule has 0 radical (unpaired) electrons. The average Bonchev–Trinajstić information content (AvgIpc) is 2.85. The van der Waals surface area contributed by atoms with E-state index in [0.717, 1.165) is 38.2 Å². The number of anilines is 1. The number of benzene rings is 1. The van der Waals surface area contributed by atoms with Crippen molar-refractivity contribution in [1.82, 2.24) is 10.2 Å². The molecular formula is C16H23N3O. The number of nitrogens with zero attached hydrogens (tertiary/aromatic N) is 1. The van der Waals surface area contributed by atoms with Gasteiger partial charge in [0.25, 0.3) is 0 Å². The molecule has 20 heavy (non-hydrogen) atoms. The fourth-order valence-electron chi connectivity index (χ4n) is 3.30. The van der Waals surface area contributed by atoms with E-state index in [4.69, 9.17) is 0 Å². The highest BCUT2D eigenvalue weighted by atomic mass is 16.1. The Balaban J connectivity index is 1.67. The molecule has 3 rings (SSSR count). The van der Waals surface area contributed by atoms with Crippen LogP contribution < -0.4 is 10.6 Å². The monoisotopic (exact) mass is 273 g/mol. The van der Waals surface area contributed by atoms with Crippen LogP contribution in [0.4, 0.5) is 5.69 Å². The van der Waals surface area contributed by atoms with Crippen molar-refractivity contribution in [3.8, 4) is 0 Å². The minimum absolute atomic E-state index is 0.149. The van der Waals surface area contributed by atoms with Crippen LogP contribution in [0.15, 0.2) is 18.2 Å². The molecular weight excluding hydrogens is 250 g/mol. The third kappa shape index (κ3) is 2.86. The van der Waals surface area contributed by atoms with Crippen LogP contribution in [-0.2, 0) is 17.8 Å². The summed E-state index contributed by atoms with van der Waals surface area (Å²) in [6, 6.07) is 6.61. The zero-order valence-electron chi connectivity index (χ0n) is 12.1. The van der Waals surface area contributed by atoms with Crippen molar-refractivity contribution >= 4 is 11.6 Å². The summed E-state index contributed by atoms with van der Waals surface area (Å²) in [5, 5.41) is 6.49. The van der Waals surface area contributed by atoms with Gasteiger partial charge in [0.15, 0.2) is 0 Å². The minimum atomic E-state index is 0.149. The minimum Gasteiger partial charge on any atom is -0.326 e. The molecule has 0 saturated carbocycles. The molecule has 1 fully saturated rings. The van der Waals surface area contributed by atoms with Crippen molar-refractivity contribution in [3.63, 3.8) is 0 Å². The Bertz CT molecular complexity index is 500. The summed E-state index contributed by atoms with van der Waals surface area (Å²) >= 11 is 0. The summed E-state index contributed by atoms with van der Waals surface area (Å²) in [5.41, 5.74) is 3.63. The second-order valence-corrected chi connectivity index (χ2v) is 5.90. The lowest BCUT2D eigenvalue weighted by Crippen LogP contribution is -2.30. The summed E-state index contributed by atoms with van der Waals surface area (Å²) in [5.74, 6) is 0.149. The van der Waals surface area contributed by atoms with Gasteiger partial charge in [-0.2, -0.15) is 0 Å². The third-order valence-corrected chi connectivity index (χ3v) is 4.51. The molecule has 2 heterocycles. The predicted octanol–water partition coefficient (Wildman–Crippen LogP) is 1.76. The second kappa shape index (κ2) is 5.94. The van der Waals surface area contributed by atoms with Crippen molar-refractivity contribution < 1.29 is 4.79 Å². The van der Waals surface area contributed by atoms with Crippen LogP contribution in [0.2, 0.25) is 0 Å². The van der Waals surface area contributed by atoms with Crippen LogP contribution in [0, 0.1) is 0 Å². The SMILES string of the molecule is CN1CCCC1CC(=O)Nc1cccc2c1CCNC2. The number of rotatable bonds is 3. The highest BCUT2D eigenvalue weighted by molar-refractivity contribution is 5.92. The van der Waals surface area contributed by atoms with Crippen LogP contribution in [0.3, 0.4) is 0 Å². The molecule has 1 aromatic carbocycles. The molecule has 4 heteroatoms. The Kier molecular flexibility index (Phi) is 4.03. The van der Waals surface area contributed by atoms with E-state index in [9.17, 15) is 4.79 Å². The average molecular weight is 273 g/mol. The van der Waals surface area contributed by atoms with E-state index in [0.29, 0.717) is 12.5 Å². The maximum Gasteiger partial charge on any atom is 0.225 e. The van der Waals surface area contributed by atoms with Gasteiger partial charge in [0, 0.05) is 24.7 Å². The molecule has 1 amide bonds. The van der Waals surface area contributed by atoms with Gasteiger partial charge in [-0.1, -0.05) is 12.1 Å². The van der Waals surface area contributed by atoms with Crippen molar-refractivity contribution in [3.05, 3.63) is 29.3 Å². The standard InChI is InChI=1S/C16H23N3O/c1-19-9-3-5-13(19)10-16(20)18-15-6-2-4-12-11-17-8-7-14(12)15/h2,4,6,13,17H,3,5,7-11H2,1H3,(H,18,20). The number of hydrogen-bond acceptors (Lipinski definition) is 3.